The van der Waals surface area contributed by atoms with Crippen molar-refractivity contribution in [1.29, 1.82) is 5.41 Å². The van der Waals surface area contributed by atoms with Crippen LogP contribution in [-0.2, 0) is 14.4 Å². The van der Waals surface area contributed by atoms with Crippen molar-refractivity contribution in [3.05, 3.63) is 53.7 Å². The number of amides is 2. The zero-order valence-electron chi connectivity index (χ0n) is 19.1. The van der Waals surface area contributed by atoms with Gasteiger partial charge in [0.25, 0.3) is 5.91 Å². The largest absolute Gasteiger partial charge is 0.480 e. The number of ether oxygens (including phenoxy) is 1. The van der Waals surface area contributed by atoms with Crippen LogP contribution in [0.15, 0.2) is 42.3 Å². The van der Waals surface area contributed by atoms with Crippen LogP contribution >= 0.6 is 0 Å². The molecule has 10 heteroatoms. The smallest absolute Gasteiger partial charge is 0.322 e. The lowest BCUT2D eigenvalue weighted by Gasteiger charge is -2.28. The van der Waals surface area contributed by atoms with E-state index in [1.54, 1.807) is 12.1 Å². The molecule has 1 atom stereocenters. The Kier molecular flexibility index (Phi) is 8.04. The highest BCUT2D eigenvalue weighted by molar-refractivity contribution is 6.05. The lowest BCUT2D eigenvalue weighted by molar-refractivity contribution is -0.135. The van der Waals surface area contributed by atoms with Crippen LogP contribution in [0.2, 0.25) is 0 Å². The maximum Gasteiger partial charge on any atom is 0.322 e. The summed E-state index contributed by atoms with van der Waals surface area (Å²) in [4.78, 5) is 37.4. The summed E-state index contributed by atoms with van der Waals surface area (Å²) >= 11 is 0. The standard InChI is InChI=1S/C24H29FN4O5/c1-14(2)10-18(24(33)28-20(26)8-9-27-12-22(31)32)29-13-16(11-21(29)30)34-19-5-3-4-17(23(19)25)15-6-7-15/h3-5,8-9,11,14-15,18,27H,6-7,10,12-13H2,1-2H3,(H,31,32)(H2,26,28,33)/b9-8-/t18-/m0/s1. The Labute approximate surface area is 197 Å². The molecule has 9 nitrogen and oxygen atoms in total. The minimum atomic E-state index is -1.06. The molecule has 0 bridgehead atoms. The number of aliphatic carboxylic acids is 1. The number of halogens is 1. The Balaban J connectivity index is 1.65. The highest BCUT2D eigenvalue weighted by Crippen LogP contribution is 2.43. The Bertz CT molecular complexity index is 1030. The molecule has 4 N–H and O–H groups in total. The molecule has 34 heavy (non-hydrogen) atoms. The number of amidine groups is 1. The van der Waals surface area contributed by atoms with Crippen molar-refractivity contribution in [2.75, 3.05) is 13.1 Å². The molecule has 2 amide bonds. The van der Waals surface area contributed by atoms with E-state index in [9.17, 15) is 18.8 Å². The van der Waals surface area contributed by atoms with Crippen molar-refractivity contribution in [2.24, 2.45) is 5.92 Å². The maximum absolute atomic E-state index is 14.8. The minimum Gasteiger partial charge on any atom is -0.480 e. The number of benzene rings is 1. The third kappa shape index (κ3) is 6.66. The van der Waals surface area contributed by atoms with E-state index in [1.165, 1.54) is 29.3 Å². The van der Waals surface area contributed by atoms with Gasteiger partial charge >= 0.3 is 5.97 Å². The van der Waals surface area contributed by atoms with Crippen molar-refractivity contribution in [3.8, 4) is 5.75 Å². The number of rotatable bonds is 11. The Morgan fingerprint density at radius 3 is 2.74 bits per heavy atom. The zero-order valence-corrected chi connectivity index (χ0v) is 19.1. The average molecular weight is 473 g/mol. The lowest BCUT2D eigenvalue weighted by atomic mass is 10.0. The molecule has 0 spiro atoms. The average Bonchev–Trinajstić information content (AvgIpc) is 3.53. The summed E-state index contributed by atoms with van der Waals surface area (Å²) < 4.78 is 20.5. The van der Waals surface area contributed by atoms with Gasteiger partial charge in [0.2, 0.25) is 5.91 Å². The van der Waals surface area contributed by atoms with E-state index >= 15 is 0 Å². The molecule has 182 valence electrons. The number of carboxylic acid groups (broad SMARTS) is 1. The Hall–Kier alpha value is -3.69. The SMILES string of the molecule is CC(C)C[C@@H](C(=O)NC(=N)/C=C\NCC(=O)O)N1CC(Oc2cccc(C3CC3)c2F)=CC1=O. The monoisotopic (exact) mass is 472 g/mol. The number of hydrogen-bond acceptors (Lipinski definition) is 6. The lowest BCUT2D eigenvalue weighted by Crippen LogP contribution is -2.49. The van der Waals surface area contributed by atoms with E-state index in [4.69, 9.17) is 15.3 Å². The molecule has 1 saturated carbocycles. The normalized spacial score (nSPS) is 16.5. The second kappa shape index (κ2) is 11.0. The topological polar surface area (TPSA) is 132 Å². The predicted molar refractivity (Wildman–Crippen MR) is 123 cm³/mol. The summed E-state index contributed by atoms with van der Waals surface area (Å²) in [5, 5.41) is 21.4. The van der Waals surface area contributed by atoms with Crippen LogP contribution < -0.4 is 15.4 Å². The van der Waals surface area contributed by atoms with Crippen LogP contribution in [0.25, 0.3) is 0 Å². The van der Waals surface area contributed by atoms with Crippen molar-refractivity contribution in [1.82, 2.24) is 15.5 Å². The van der Waals surface area contributed by atoms with Gasteiger partial charge in [-0.25, -0.2) is 4.39 Å². The molecule has 0 radical (unpaired) electrons. The molecule has 0 saturated heterocycles. The summed E-state index contributed by atoms with van der Waals surface area (Å²) in [5.74, 6) is -2.15. The van der Waals surface area contributed by atoms with Gasteiger partial charge in [-0.05, 0) is 48.8 Å². The number of hydrogen-bond donors (Lipinski definition) is 4. The van der Waals surface area contributed by atoms with E-state index in [1.807, 2.05) is 13.8 Å². The second-order valence-electron chi connectivity index (χ2n) is 8.77. The first-order chi connectivity index (χ1) is 16.2. The summed E-state index contributed by atoms with van der Waals surface area (Å²) in [5.41, 5.74) is 0.612. The molecular formula is C24H29FN4O5. The molecule has 1 heterocycles. The number of nitrogens with zero attached hydrogens (tertiary/aromatic N) is 1. The fraction of sp³-hybridized carbons (Fsp3) is 0.417. The molecule has 1 aliphatic carbocycles. The van der Waals surface area contributed by atoms with Crippen molar-refractivity contribution >= 4 is 23.6 Å². The van der Waals surface area contributed by atoms with Crippen LogP contribution in [0.5, 0.6) is 5.75 Å². The third-order valence-electron chi connectivity index (χ3n) is 5.40. The van der Waals surface area contributed by atoms with Gasteiger partial charge in [0.1, 0.15) is 24.2 Å². The number of nitrogens with one attached hydrogen (secondary N) is 3. The van der Waals surface area contributed by atoms with E-state index in [0.29, 0.717) is 12.0 Å². The van der Waals surface area contributed by atoms with E-state index in [2.05, 4.69) is 10.6 Å². The predicted octanol–water partition coefficient (Wildman–Crippen LogP) is 2.50. The van der Waals surface area contributed by atoms with Crippen molar-refractivity contribution in [2.45, 2.75) is 45.1 Å². The molecule has 1 aliphatic heterocycles. The molecule has 1 fully saturated rings. The highest BCUT2D eigenvalue weighted by atomic mass is 19.1. The van der Waals surface area contributed by atoms with Gasteiger partial charge in [-0.3, -0.25) is 19.8 Å². The van der Waals surface area contributed by atoms with Gasteiger partial charge in [0.05, 0.1) is 6.54 Å². The van der Waals surface area contributed by atoms with Gasteiger partial charge in [0.15, 0.2) is 11.6 Å². The Morgan fingerprint density at radius 1 is 1.35 bits per heavy atom. The van der Waals surface area contributed by atoms with Crippen LogP contribution in [-0.4, -0.2) is 52.8 Å². The second-order valence-corrected chi connectivity index (χ2v) is 8.77. The van der Waals surface area contributed by atoms with Crippen LogP contribution in [0.3, 0.4) is 0 Å². The van der Waals surface area contributed by atoms with Gasteiger partial charge in [-0.15, -0.1) is 0 Å². The number of carbonyl (C=O) groups is 3. The van der Waals surface area contributed by atoms with Gasteiger partial charge in [-0.1, -0.05) is 26.0 Å². The van der Waals surface area contributed by atoms with Crippen molar-refractivity contribution < 1.29 is 28.6 Å². The summed E-state index contributed by atoms with van der Waals surface area (Å²) in [6, 6.07) is 4.11. The molecule has 0 aromatic heterocycles. The fourth-order valence-electron chi connectivity index (χ4n) is 3.66. The highest BCUT2D eigenvalue weighted by Gasteiger charge is 2.35. The van der Waals surface area contributed by atoms with Gasteiger partial charge in [-0.2, -0.15) is 0 Å². The van der Waals surface area contributed by atoms with E-state index in [0.717, 1.165) is 12.8 Å². The van der Waals surface area contributed by atoms with Gasteiger partial charge < -0.3 is 25.4 Å². The van der Waals surface area contributed by atoms with Gasteiger partial charge in [0, 0.05) is 12.3 Å². The molecule has 1 aromatic rings. The third-order valence-corrected chi connectivity index (χ3v) is 5.40. The van der Waals surface area contributed by atoms with E-state index in [-0.39, 0.29) is 42.3 Å². The van der Waals surface area contributed by atoms with Crippen LogP contribution in [0, 0.1) is 17.1 Å². The molecule has 2 aliphatic rings. The molecule has 0 unspecified atom stereocenters. The number of carbonyl (C=O) groups excluding carboxylic acids is 2. The summed E-state index contributed by atoms with van der Waals surface area (Å²) in [7, 11) is 0. The summed E-state index contributed by atoms with van der Waals surface area (Å²) in [6.07, 6.45) is 5.94. The quantitative estimate of drug-likeness (QED) is 0.289. The fourth-order valence-corrected chi connectivity index (χ4v) is 3.66. The van der Waals surface area contributed by atoms with Crippen molar-refractivity contribution in [3.63, 3.8) is 0 Å². The Morgan fingerprint density at radius 2 is 2.09 bits per heavy atom. The first-order valence-corrected chi connectivity index (χ1v) is 11.1. The molecule has 1 aromatic carbocycles. The first-order valence-electron chi connectivity index (χ1n) is 11.1. The summed E-state index contributed by atoms with van der Waals surface area (Å²) in [6.45, 7) is 3.49. The first kappa shape index (κ1) is 24.9. The van der Waals surface area contributed by atoms with Crippen LogP contribution in [0.4, 0.5) is 4.39 Å². The zero-order chi connectivity index (χ0) is 24.8. The van der Waals surface area contributed by atoms with E-state index < -0.39 is 29.6 Å². The molecule has 3 rings (SSSR count). The van der Waals surface area contributed by atoms with Crippen LogP contribution in [0.1, 0.15) is 44.6 Å². The minimum absolute atomic E-state index is 0.0000753. The maximum atomic E-state index is 14.8. The molecular weight excluding hydrogens is 443 g/mol. The number of carboxylic acids is 1.